The van der Waals surface area contributed by atoms with Crippen LogP contribution in [0.2, 0.25) is 0 Å². The summed E-state index contributed by atoms with van der Waals surface area (Å²) in [5, 5.41) is 4.33. The Bertz CT molecular complexity index is 647. The maximum atomic E-state index is 12.7. The number of aromatic nitrogens is 2. The number of nitrogen functional groups attached to an aromatic ring is 1. The van der Waals surface area contributed by atoms with Gasteiger partial charge in [0.15, 0.2) is 0 Å². The van der Waals surface area contributed by atoms with Gasteiger partial charge in [-0.15, -0.1) is 0 Å². The molecule has 2 N–H and O–H groups in total. The first kappa shape index (κ1) is 15.1. The highest BCUT2D eigenvalue weighted by molar-refractivity contribution is 5.95. The molecular weight excluding hydrogens is 264 g/mol. The third-order valence-corrected chi connectivity index (χ3v) is 3.76. The number of carbonyl (C=O) groups is 1. The van der Waals surface area contributed by atoms with Gasteiger partial charge in [-0.1, -0.05) is 19.1 Å². The summed E-state index contributed by atoms with van der Waals surface area (Å²) in [5.74, 6) is -0.0186. The summed E-state index contributed by atoms with van der Waals surface area (Å²) in [6.07, 6.45) is 2.52. The Hall–Kier alpha value is -2.30. The van der Waals surface area contributed by atoms with Gasteiger partial charge < -0.3 is 10.6 Å². The van der Waals surface area contributed by atoms with Crippen LogP contribution in [0.1, 0.15) is 41.5 Å². The van der Waals surface area contributed by atoms with Gasteiger partial charge in [-0.2, -0.15) is 5.10 Å². The number of nitrogens with zero attached hydrogens (tertiary/aromatic N) is 3. The molecule has 0 aliphatic heterocycles. The Morgan fingerprint density at radius 3 is 2.81 bits per heavy atom. The molecule has 0 bridgehead atoms. The van der Waals surface area contributed by atoms with Crippen molar-refractivity contribution in [3.63, 3.8) is 0 Å². The molecule has 1 unspecified atom stereocenters. The maximum absolute atomic E-state index is 12.7. The third kappa shape index (κ3) is 3.07. The number of hydrogen-bond acceptors (Lipinski definition) is 3. The van der Waals surface area contributed by atoms with E-state index in [-0.39, 0.29) is 11.9 Å². The van der Waals surface area contributed by atoms with Crippen LogP contribution in [0, 0.1) is 0 Å². The van der Waals surface area contributed by atoms with Gasteiger partial charge in [0.1, 0.15) is 0 Å². The third-order valence-electron chi connectivity index (χ3n) is 3.76. The zero-order chi connectivity index (χ0) is 15.6. The highest BCUT2D eigenvalue weighted by Crippen LogP contribution is 2.23. The molecule has 0 fully saturated rings. The van der Waals surface area contributed by atoms with Crippen molar-refractivity contribution in [3.05, 3.63) is 47.3 Å². The van der Waals surface area contributed by atoms with Gasteiger partial charge in [-0.3, -0.25) is 9.48 Å². The van der Waals surface area contributed by atoms with Gasteiger partial charge in [0.25, 0.3) is 5.91 Å². The lowest BCUT2D eigenvalue weighted by molar-refractivity contribution is 0.0741. The highest BCUT2D eigenvalue weighted by atomic mass is 16.2. The molecule has 1 amide bonds. The first-order valence-electron chi connectivity index (χ1n) is 7.09. The lowest BCUT2D eigenvalue weighted by Gasteiger charge is -2.25. The number of anilines is 1. The zero-order valence-corrected chi connectivity index (χ0v) is 13.0. The highest BCUT2D eigenvalue weighted by Gasteiger charge is 2.22. The fourth-order valence-electron chi connectivity index (χ4n) is 2.38. The SMILES string of the molecule is CCc1nn(C)cc1C(=O)N(C)C(C)c1cccc(N)c1. The van der Waals surface area contributed by atoms with Crippen LogP contribution in [0.15, 0.2) is 30.5 Å². The Labute approximate surface area is 125 Å². The first-order chi connectivity index (χ1) is 9.93. The van der Waals surface area contributed by atoms with Crippen molar-refractivity contribution >= 4 is 11.6 Å². The molecule has 0 spiro atoms. The van der Waals surface area contributed by atoms with Gasteiger partial charge in [-0.25, -0.2) is 0 Å². The van der Waals surface area contributed by atoms with E-state index in [1.165, 1.54) is 0 Å². The fraction of sp³-hybridized carbons (Fsp3) is 0.375. The second-order valence-electron chi connectivity index (χ2n) is 5.28. The molecule has 0 saturated carbocycles. The minimum Gasteiger partial charge on any atom is -0.399 e. The number of rotatable bonds is 4. The van der Waals surface area contributed by atoms with E-state index in [4.69, 9.17) is 5.73 Å². The summed E-state index contributed by atoms with van der Waals surface area (Å²) in [6, 6.07) is 7.58. The molecule has 0 saturated heterocycles. The van der Waals surface area contributed by atoms with Crippen LogP contribution in [0.25, 0.3) is 0 Å². The lowest BCUT2D eigenvalue weighted by Crippen LogP contribution is -2.30. The van der Waals surface area contributed by atoms with E-state index in [2.05, 4.69) is 5.10 Å². The molecule has 5 nitrogen and oxygen atoms in total. The van der Waals surface area contributed by atoms with E-state index < -0.39 is 0 Å². The number of carbonyl (C=O) groups excluding carboxylic acids is 1. The largest absolute Gasteiger partial charge is 0.399 e. The maximum Gasteiger partial charge on any atom is 0.257 e. The topological polar surface area (TPSA) is 64.2 Å². The number of amides is 1. The zero-order valence-electron chi connectivity index (χ0n) is 13.0. The van der Waals surface area contributed by atoms with Crippen molar-refractivity contribution in [2.45, 2.75) is 26.3 Å². The number of benzene rings is 1. The Balaban J connectivity index is 2.26. The molecule has 2 rings (SSSR count). The van der Waals surface area contributed by atoms with Crippen LogP contribution in [-0.4, -0.2) is 27.6 Å². The molecule has 1 aromatic carbocycles. The molecule has 0 aliphatic carbocycles. The van der Waals surface area contributed by atoms with Gasteiger partial charge in [0.05, 0.1) is 17.3 Å². The van der Waals surface area contributed by atoms with Crippen molar-refractivity contribution in [3.8, 4) is 0 Å². The molecule has 5 heteroatoms. The average molecular weight is 286 g/mol. The van der Waals surface area contributed by atoms with Gasteiger partial charge in [0, 0.05) is 26.0 Å². The lowest BCUT2D eigenvalue weighted by atomic mass is 10.1. The van der Waals surface area contributed by atoms with E-state index in [0.29, 0.717) is 11.3 Å². The van der Waals surface area contributed by atoms with Crippen LogP contribution < -0.4 is 5.73 Å². The molecule has 0 aliphatic rings. The predicted molar refractivity (Wildman–Crippen MR) is 83.9 cm³/mol. The van der Waals surface area contributed by atoms with Crippen LogP contribution in [0.3, 0.4) is 0 Å². The number of nitrogens with two attached hydrogens (primary N) is 1. The quantitative estimate of drug-likeness (QED) is 0.878. The van der Waals surface area contributed by atoms with Crippen molar-refractivity contribution < 1.29 is 4.79 Å². The summed E-state index contributed by atoms with van der Waals surface area (Å²) in [5.41, 5.74) is 9.03. The average Bonchev–Trinajstić information content (AvgIpc) is 2.86. The van der Waals surface area contributed by atoms with Crippen molar-refractivity contribution in [1.29, 1.82) is 0 Å². The standard InChI is InChI=1S/C16H22N4O/c1-5-15-14(10-19(3)18-15)16(21)20(4)11(2)12-7-6-8-13(17)9-12/h6-11H,5,17H2,1-4H3. The van der Waals surface area contributed by atoms with E-state index in [1.807, 2.05) is 52.2 Å². The van der Waals surface area contributed by atoms with Crippen molar-refractivity contribution in [2.75, 3.05) is 12.8 Å². The molecule has 1 heterocycles. The number of hydrogen-bond donors (Lipinski definition) is 1. The Kier molecular flexibility index (Phi) is 4.31. The van der Waals surface area contributed by atoms with Crippen molar-refractivity contribution in [2.24, 2.45) is 7.05 Å². The molecular formula is C16H22N4O. The minimum atomic E-state index is -0.0501. The number of aryl methyl sites for hydroxylation is 2. The minimum absolute atomic E-state index is 0.0186. The summed E-state index contributed by atoms with van der Waals surface area (Å²) >= 11 is 0. The second kappa shape index (κ2) is 5.99. The van der Waals surface area contributed by atoms with E-state index in [0.717, 1.165) is 17.7 Å². The first-order valence-corrected chi connectivity index (χ1v) is 7.09. The van der Waals surface area contributed by atoms with Gasteiger partial charge >= 0.3 is 0 Å². The molecule has 0 radical (unpaired) electrons. The summed E-state index contributed by atoms with van der Waals surface area (Å²) in [6.45, 7) is 4.00. The fourth-order valence-corrected chi connectivity index (χ4v) is 2.38. The van der Waals surface area contributed by atoms with E-state index >= 15 is 0 Å². The summed E-state index contributed by atoms with van der Waals surface area (Å²) < 4.78 is 1.69. The van der Waals surface area contributed by atoms with Gasteiger partial charge in [0.2, 0.25) is 0 Å². The van der Waals surface area contributed by atoms with E-state index in [9.17, 15) is 4.79 Å². The summed E-state index contributed by atoms with van der Waals surface area (Å²) in [4.78, 5) is 14.4. The van der Waals surface area contributed by atoms with Crippen LogP contribution in [0.4, 0.5) is 5.69 Å². The molecule has 112 valence electrons. The molecule has 1 aromatic heterocycles. The predicted octanol–water partition coefficient (Wildman–Crippen LogP) is 2.40. The Morgan fingerprint density at radius 2 is 2.19 bits per heavy atom. The van der Waals surface area contributed by atoms with Crippen LogP contribution in [0.5, 0.6) is 0 Å². The summed E-state index contributed by atoms with van der Waals surface area (Å²) in [7, 11) is 3.64. The van der Waals surface area contributed by atoms with Crippen molar-refractivity contribution in [1.82, 2.24) is 14.7 Å². The second-order valence-corrected chi connectivity index (χ2v) is 5.28. The molecule has 1 atom stereocenters. The van der Waals surface area contributed by atoms with Crippen LogP contribution in [-0.2, 0) is 13.5 Å². The normalized spacial score (nSPS) is 12.2. The molecule has 2 aromatic rings. The van der Waals surface area contributed by atoms with E-state index in [1.54, 1.807) is 15.8 Å². The molecule has 21 heavy (non-hydrogen) atoms. The Morgan fingerprint density at radius 1 is 1.48 bits per heavy atom. The smallest absolute Gasteiger partial charge is 0.257 e. The monoisotopic (exact) mass is 286 g/mol. The van der Waals surface area contributed by atoms with Gasteiger partial charge in [-0.05, 0) is 31.0 Å². The van der Waals surface area contributed by atoms with Crippen LogP contribution >= 0.6 is 0 Å².